The Hall–Kier alpha value is -2.97. The number of benzene rings is 1. The van der Waals surface area contributed by atoms with E-state index in [1.165, 1.54) is 30.4 Å². The SMILES string of the molecule is CC(C)c1cn(C2CCC(CN(C(C)C)C3CC(CCc4nc5ccc(C(C)(C)C)cc5[nH]4)C3)O2)c2ncnc(N)c12. The fraction of sp³-hybridized carbons (Fsp3) is 0.618. The largest absolute Gasteiger partial charge is 0.383 e. The fourth-order valence-electron chi connectivity index (χ4n) is 7.03. The lowest BCUT2D eigenvalue weighted by molar-refractivity contribution is -0.0392. The number of rotatable bonds is 9. The number of nitrogens with two attached hydrogens (primary N) is 1. The number of aryl methyl sites for hydroxylation is 1. The van der Waals surface area contributed by atoms with Crippen molar-refractivity contribution in [2.75, 3.05) is 12.3 Å². The summed E-state index contributed by atoms with van der Waals surface area (Å²) in [6, 6.07) is 7.78. The monoisotopic (exact) mass is 571 g/mol. The molecule has 3 N–H and O–H groups in total. The maximum atomic E-state index is 6.69. The smallest absolute Gasteiger partial charge is 0.147 e. The molecule has 0 spiro atoms. The first kappa shape index (κ1) is 29.1. The van der Waals surface area contributed by atoms with E-state index in [4.69, 9.17) is 15.5 Å². The number of nitrogens with one attached hydrogen (secondary N) is 1. The molecule has 42 heavy (non-hydrogen) atoms. The van der Waals surface area contributed by atoms with Gasteiger partial charge in [0.1, 0.15) is 29.8 Å². The summed E-state index contributed by atoms with van der Waals surface area (Å²) < 4.78 is 8.88. The van der Waals surface area contributed by atoms with Gasteiger partial charge in [0, 0.05) is 31.2 Å². The molecule has 0 bridgehead atoms. The predicted molar refractivity (Wildman–Crippen MR) is 171 cm³/mol. The van der Waals surface area contributed by atoms with Crippen molar-refractivity contribution in [1.82, 2.24) is 29.4 Å². The predicted octanol–water partition coefficient (Wildman–Crippen LogP) is 7.11. The molecule has 1 aliphatic heterocycles. The summed E-state index contributed by atoms with van der Waals surface area (Å²) in [5.41, 5.74) is 12.1. The van der Waals surface area contributed by atoms with E-state index in [1.54, 1.807) is 6.33 Å². The Balaban J connectivity index is 1.04. The molecule has 4 aromatic rings. The summed E-state index contributed by atoms with van der Waals surface area (Å²) in [7, 11) is 0. The Morgan fingerprint density at radius 1 is 1.12 bits per heavy atom. The second-order valence-electron chi connectivity index (χ2n) is 14.4. The molecule has 1 saturated carbocycles. The molecule has 0 radical (unpaired) electrons. The van der Waals surface area contributed by atoms with E-state index in [9.17, 15) is 0 Å². The minimum atomic E-state index is -0.00858. The Morgan fingerprint density at radius 2 is 1.90 bits per heavy atom. The van der Waals surface area contributed by atoms with Crippen molar-refractivity contribution in [3.63, 3.8) is 0 Å². The maximum Gasteiger partial charge on any atom is 0.147 e. The molecule has 0 amide bonds. The third kappa shape index (κ3) is 5.68. The summed E-state index contributed by atoms with van der Waals surface area (Å²) in [6.45, 7) is 16.8. The van der Waals surface area contributed by atoms with Gasteiger partial charge in [-0.2, -0.15) is 0 Å². The van der Waals surface area contributed by atoms with Gasteiger partial charge in [0.05, 0.1) is 22.5 Å². The molecule has 1 aliphatic carbocycles. The minimum Gasteiger partial charge on any atom is -0.383 e. The van der Waals surface area contributed by atoms with Crippen molar-refractivity contribution in [2.24, 2.45) is 5.92 Å². The zero-order chi connectivity index (χ0) is 29.8. The third-order valence-electron chi connectivity index (χ3n) is 9.63. The first-order valence-corrected chi connectivity index (χ1v) is 16.0. The number of ether oxygens (including phenoxy) is 1. The highest BCUT2D eigenvalue weighted by molar-refractivity contribution is 5.90. The van der Waals surface area contributed by atoms with E-state index in [0.29, 0.717) is 23.8 Å². The highest BCUT2D eigenvalue weighted by Gasteiger charge is 2.38. The van der Waals surface area contributed by atoms with Gasteiger partial charge in [-0.15, -0.1) is 0 Å². The van der Waals surface area contributed by atoms with Gasteiger partial charge in [0.25, 0.3) is 0 Å². The highest BCUT2D eigenvalue weighted by Crippen LogP contribution is 2.39. The molecule has 4 heterocycles. The van der Waals surface area contributed by atoms with E-state index in [1.807, 2.05) is 0 Å². The van der Waals surface area contributed by atoms with Crippen LogP contribution in [0.4, 0.5) is 5.82 Å². The molecule has 2 unspecified atom stereocenters. The van der Waals surface area contributed by atoms with Gasteiger partial charge >= 0.3 is 0 Å². The molecule has 8 nitrogen and oxygen atoms in total. The van der Waals surface area contributed by atoms with Gasteiger partial charge in [0.15, 0.2) is 0 Å². The van der Waals surface area contributed by atoms with Crippen LogP contribution in [-0.2, 0) is 16.6 Å². The van der Waals surface area contributed by atoms with Crippen LogP contribution < -0.4 is 5.73 Å². The molecule has 3 aromatic heterocycles. The second-order valence-corrected chi connectivity index (χ2v) is 14.4. The Kier molecular flexibility index (Phi) is 7.81. The van der Waals surface area contributed by atoms with Crippen molar-refractivity contribution in [3.8, 4) is 0 Å². The number of H-pyrrole nitrogens is 1. The Morgan fingerprint density at radius 3 is 2.62 bits per heavy atom. The molecule has 226 valence electrons. The normalized spacial score (nSPS) is 23.2. The maximum absolute atomic E-state index is 6.69. The zero-order valence-electron chi connectivity index (χ0n) is 26.5. The quantitative estimate of drug-likeness (QED) is 0.222. The lowest BCUT2D eigenvalue weighted by atomic mass is 9.76. The van der Waals surface area contributed by atoms with Gasteiger partial charge in [-0.1, -0.05) is 40.7 Å². The van der Waals surface area contributed by atoms with Crippen molar-refractivity contribution >= 4 is 27.9 Å². The Bertz CT molecular complexity index is 1540. The summed E-state index contributed by atoms with van der Waals surface area (Å²) in [6.07, 6.45) is 10.8. The number of aromatic nitrogens is 5. The fourth-order valence-corrected chi connectivity index (χ4v) is 7.03. The van der Waals surface area contributed by atoms with E-state index in [2.05, 4.69) is 97.3 Å². The van der Waals surface area contributed by atoms with Gasteiger partial charge < -0.3 is 20.0 Å². The first-order valence-electron chi connectivity index (χ1n) is 16.0. The molecular weight excluding hydrogens is 522 g/mol. The lowest BCUT2D eigenvalue weighted by Gasteiger charge is -2.46. The van der Waals surface area contributed by atoms with Crippen LogP contribution in [0.15, 0.2) is 30.7 Å². The van der Waals surface area contributed by atoms with Crippen LogP contribution in [0.1, 0.15) is 110 Å². The standard InChI is InChI=1S/C34H49N7O/c1-20(2)26-18-41(33-31(26)32(35)36-19-37-33)30-13-10-25(42-30)17-40(21(3)4)24-14-22(15-24)8-12-29-38-27-11-9-23(34(5,6)7)16-28(27)39-29/h9,11,16,18-22,24-25,30H,8,10,12-15,17H2,1-7H3,(H,38,39)(H2,35,36,37). The minimum absolute atomic E-state index is 0.00858. The van der Waals surface area contributed by atoms with Crippen molar-refractivity contribution < 1.29 is 4.74 Å². The van der Waals surface area contributed by atoms with Crippen LogP contribution in [-0.4, -0.2) is 54.1 Å². The van der Waals surface area contributed by atoms with Crippen LogP contribution in [0.2, 0.25) is 0 Å². The van der Waals surface area contributed by atoms with Crippen molar-refractivity contribution in [1.29, 1.82) is 0 Å². The number of fused-ring (bicyclic) bond motifs is 2. The molecule has 1 saturated heterocycles. The molecule has 6 rings (SSSR count). The molecule has 1 aromatic carbocycles. The van der Waals surface area contributed by atoms with Crippen LogP contribution in [0.25, 0.3) is 22.1 Å². The first-order chi connectivity index (χ1) is 20.0. The highest BCUT2D eigenvalue weighted by atomic mass is 16.5. The van der Waals surface area contributed by atoms with Gasteiger partial charge in [-0.05, 0) is 86.5 Å². The zero-order valence-corrected chi connectivity index (χ0v) is 26.5. The number of imidazole rings is 1. The third-order valence-corrected chi connectivity index (χ3v) is 9.63. The van der Waals surface area contributed by atoms with Gasteiger partial charge in [0.2, 0.25) is 0 Å². The van der Waals surface area contributed by atoms with Crippen LogP contribution >= 0.6 is 0 Å². The number of hydrogen-bond donors (Lipinski definition) is 2. The second kappa shape index (κ2) is 11.3. The molecular formula is C34H49N7O. The number of nitrogen functional groups attached to an aromatic ring is 1. The van der Waals surface area contributed by atoms with E-state index < -0.39 is 0 Å². The average Bonchev–Trinajstić information content (AvgIpc) is 3.62. The number of hydrogen-bond acceptors (Lipinski definition) is 6. The summed E-state index contributed by atoms with van der Waals surface area (Å²) in [4.78, 5) is 20.0. The molecule has 2 aliphatic rings. The van der Waals surface area contributed by atoms with E-state index >= 15 is 0 Å². The summed E-state index contributed by atoms with van der Waals surface area (Å²) in [5, 5.41) is 0.973. The van der Waals surface area contributed by atoms with Gasteiger partial charge in [-0.3, -0.25) is 4.90 Å². The van der Waals surface area contributed by atoms with Crippen LogP contribution in [0.3, 0.4) is 0 Å². The van der Waals surface area contributed by atoms with Gasteiger partial charge in [-0.25, -0.2) is 15.0 Å². The number of aromatic amines is 1. The topological polar surface area (TPSA) is 97.9 Å². The lowest BCUT2D eigenvalue weighted by Crippen LogP contribution is -2.50. The van der Waals surface area contributed by atoms with Crippen molar-refractivity contribution in [2.45, 2.75) is 123 Å². The number of anilines is 1. The van der Waals surface area contributed by atoms with Crippen molar-refractivity contribution in [3.05, 3.63) is 47.7 Å². The summed E-state index contributed by atoms with van der Waals surface area (Å²) in [5.74, 6) is 2.78. The Labute approximate surface area is 250 Å². The van der Waals surface area contributed by atoms with Crippen LogP contribution in [0, 0.1) is 5.92 Å². The average molecular weight is 572 g/mol. The van der Waals surface area contributed by atoms with E-state index in [0.717, 1.165) is 59.6 Å². The van der Waals surface area contributed by atoms with E-state index in [-0.39, 0.29) is 17.7 Å². The summed E-state index contributed by atoms with van der Waals surface area (Å²) >= 11 is 0. The molecule has 8 heteroatoms. The molecule has 2 fully saturated rings. The van der Waals surface area contributed by atoms with Crippen LogP contribution in [0.5, 0.6) is 0 Å². The molecule has 2 atom stereocenters. The number of nitrogens with zero attached hydrogens (tertiary/aromatic N) is 5.